The summed E-state index contributed by atoms with van der Waals surface area (Å²) in [7, 11) is 0. The molecule has 0 radical (unpaired) electrons. The maximum atomic E-state index is 13.2. The standard InChI is InChI=1S/C21H18N2O5/c24-19-15-6-1-2-7-16(15)20(25)18(23-8-10-28-11-9-23)17(19)22-14-5-3-4-13(12-14)21(26)27/h1-7,12,22H,8-11H2,(H,26,27)/p-1. The van der Waals surface area contributed by atoms with Gasteiger partial charge in [0, 0.05) is 29.9 Å². The van der Waals surface area contributed by atoms with Crippen LogP contribution in [0.25, 0.3) is 0 Å². The van der Waals surface area contributed by atoms with Gasteiger partial charge in [0.1, 0.15) is 11.4 Å². The highest BCUT2D eigenvalue weighted by molar-refractivity contribution is 6.27. The molecule has 2 aliphatic rings. The maximum absolute atomic E-state index is 13.2. The maximum Gasteiger partial charge on any atom is 0.212 e. The number of carboxylic acid groups (broad SMARTS) is 1. The Bertz CT molecular complexity index is 1010. The number of rotatable bonds is 4. The average molecular weight is 377 g/mol. The quantitative estimate of drug-likeness (QED) is 0.851. The van der Waals surface area contributed by atoms with Crippen molar-refractivity contribution in [1.82, 2.24) is 4.90 Å². The smallest absolute Gasteiger partial charge is 0.212 e. The van der Waals surface area contributed by atoms with Gasteiger partial charge in [0.15, 0.2) is 0 Å². The third-order valence-corrected chi connectivity index (χ3v) is 4.79. The number of aromatic carboxylic acids is 1. The van der Waals surface area contributed by atoms with Crippen molar-refractivity contribution < 1.29 is 24.2 Å². The minimum Gasteiger partial charge on any atom is -0.545 e. The lowest BCUT2D eigenvalue weighted by atomic mass is 9.89. The average Bonchev–Trinajstić information content (AvgIpc) is 2.73. The molecule has 28 heavy (non-hydrogen) atoms. The number of Topliss-reactive ketones (excluding diaryl/α,β-unsaturated/α-hetero) is 2. The number of carboxylic acids is 1. The van der Waals surface area contributed by atoms with E-state index in [0.717, 1.165) is 0 Å². The van der Waals surface area contributed by atoms with E-state index in [1.807, 2.05) is 4.90 Å². The predicted octanol–water partition coefficient (Wildman–Crippen LogP) is 1.08. The van der Waals surface area contributed by atoms with Gasteiger partial charge in [0.2, 0.25) is 11.6 Å². The van der Waals surface area contributed by atoms with Crippen molar-refractivity contribution >= 4 is 23.2 Å². The first-order valence-electron chi connectivity index (χ1n) is 8.90. The first-order chi connectivity index (χ1) is 13.6. The largest absolute Gasteiger partial charge is 0.545 e. The summed E-state index contributed by atoms with van der Waals surface area (Å²) in [6.07, 6.45) is 0. The van der Waals surface area contributed by atoms with Crippen molar-refractivity contribution in [1.29, 1.82) is 0 Å². The zero-order chi connectivity index (χ0) is 19.7. The summed E-state index contributed by atoms with van der Waals surface area (Å²) >= 11 is 0. The first kappa shape index (κ1) is 17.9. The molecule has 0 unspecified atom stereocenters. The van der Waals surface area contributed by atoms with Crippen LogP contribution in [0.2, 0.25) is 0 Å². The van der Waals surface area contributed by atoms with Crippen molar-refractivity contribution in [3.8, 4) is 0 Å². The van der Waals surface area contributed by atoms with Crippen molar-refractivity contribution in [3.05, 3.63) is 76.6 Å². The Hall–Kier alpha value is -3.45. The van der Waals surface area contributed by atoms with Crippen LogP contribution in [0.1, 0.15) is 31.1 Å². The molecule has 7 heteroatoms. The molecule has 7 nitrogen and oxygen atoms in total. The number of carbonyl (C=O) groups excluding carboxylic acids is 3. The van der Waals surface area contributed by atoms with Gasteiger partial charge < -0.3 is 24.9 Å². The van der Waals surface area contributed by atoms with Crippen molar-refractivity contribution in [2.75, 3.05) is 31.6 Å². The third kappa shape index (κ3) is 3.16. The predicted molar refractivity (Wildman–Crippen MR) is 98.9 cm³/mol. The normalized spacial score (nSPS) is 16.8. The van der Waals surface area contributed by atoms with E-state index in [1.165, 1.54) is 12.1 Å². The summed E-state index contributed by atoms with van der Waals surface area (Å²) in [6, 6.07) is 12.6. The molecule has 2 aromatic rings. The lowest BCUT2D eigenvalue weighted by Crippen LogP contribution is -2.42. The number of fused-ring (bicyclic) bond motifs is 1. The third-order valence-electron chi connectivity index (χ3n) is 4.79. The molecule has 1 heterocycles. The molecule has 1 aliphatic heterocycles. The van der Waals surface area contributed by atoms with Crippen LogP contribution >= 0.6 is 0 Å². The fraction of sp³-hybridized carbons (Fsp3) is 0.190. The molecule has 0 bridgehead atoms. The summed E-state index contributed by atoms with van der Waals surface area (Å²) < 4.78 is 5.36. The Kier molecular flexibility index (Phi) is 4.67. The second-order valence-electron chi connectivity index (χ2n) is 6.52. The summed E-state index contributed by atoms with van der Waals surface area (Å²) in [5.74, 6) is -1.87. The van der Waals surface area contributed by atoms with Gasteiger partial charge in [-0.25, -0.2) is 0 Å². The Morgan fingerprint density at radius 1 is 0.964 bits per heavy atom. The fourth-order valence-corrected chi connectivity index (χ4v) is 3.44. The van der Waals surface area contributed by atoms with Crippen LogP contribution in [0.5, 0.6) is 0 Å². The molecule has 1 aliphatic carbocycles. The number of hydrogen-bond donors (Lipinski definition) is 1. The minimum absolute atomic E-state index is 0.0199. The summed E-state index contributed by atoms with van der Waals surface area (Å²) in [4.78, 5) is 39.4. The van der Waals surface area contributed by atoms with Crippen LogP contribution in [0.15, 0.2) is 59.9 Å². The minimum atomic E-state index is -1.32. The van der Waals surface area contributed by atoms with E-state index in [2.05, 4.69) is 5.32 Å². The molecule has 142 valence electrons. The molecule has 4 rings (SSSR count). The number of ketones is 2. The molecule has 0 aromatic heterocycles. The molecule has 0 amide bonds. The highest BCUT2D eigenvalue weighted by Gasteiger charge is 2.35. The monoisotopic (exact) mass is 377 g/mol. The van der Waals surface area contributed by atoms with Crippen molar-refractivity contribution in [2.45, 2.75) is 0 Å². The van der Waals surface area contributed by atoms with Crippen LogP contribution in [0.4, 0.5) is 5.69 Å². The summed E-state index contributed by atoms with van der Waals surface area (Å²) in [5.41, 5.74) is 1.48. The van der Waals surface area contributed by atoms with Gasteiger partial charge in [-0.2, -0.15) is 0 Å². The van der Waals surface area contributed by atoms with E-state index in [0.29, 0.717) is 43.1 Å². The lowest BCUT2D eigenvalue weighted by molar-refractivity contribution is -0.255. The number of nitrogens with zero attached hydrogens (tertiary/aromatic N) is 1. The number of carbonyl (C=O) groups is 3. The van der Waals surface area contributed by atoms with Gasteiger partial charge in [0.25, 0.3) is 0 Å². The molecular weight excluding hydrogens is 360 g/mol. The van der Waals surface area contributed by atoms with Crippen LogP contribution in [0, 0.1) is 0 Å². The lowest BCUT2D eigenvalue weighted by Gasteiger charge is -2.34. The number of benzene rings is 2. The van der Waals surface area contributed by atoms with Gasteiger partial charge in [-0.3, -0.25) is 9.59 Å². The van der Waals surface area contributed by atoms with Crippen LogP contribution in [0.3, 0.4) is 0 Å². The molecule has 0 saturated carbocycles. The number of nitrogens with one attached hydrogen (secondary N) is 1. The molecule has 0 spiro atoms. The second-order valence-corrected chi connectivity index (χ2v) is 6.52. The fourth-order valence-electron chi connectivity index (χ4n) is 3.44. The van der Waals surface area contributed by atoms with E-state index in [4.69, 9.17) is 4.74 Å². The Balaban J connectivity index is 1.81. The Morgan fingerprint density at radius 2 is 1.64 bits per heavy atom. The van der Waals surface area contributed by atoms with Crippen molar-refractivity contribution in [3.63, 3.8) is 0 Å². The molecule has 1 fully saturated rings. The van der Waals surface area contributed by atoms with Crippen LogP contribution < -0.4 is 10.4 Å². The topological polar surface area (TPSA) is 98.8 Å². The van der Waals surface area contributed by atoms with Gasteiger partial charge in [-0.1, -0.05) is 36.4 Å². The molecule has 2 aromatic carbocycles. The number of ether oxygens (including phenoxy) is 1. The van der Waals surface area contributed by atoms with Gasteiger partial charge in [0.05, 0.1) is 19.2 Å². The number of allylic oxidation sites excluding steroid dienone is 2. The molecule has 1 saturated heterocycles. The molecular formula is C21H17N2O5-. The van der Waals surface area contributed by atoms with Crippen molar-refractivity contribution in [2.24, 2.45) is 0 Å². The molecule has 0 atom stereocenters. The van der Waals surface area contributed by atoms with Gasteiger partial charge in [-0.05, 0) is 17.7 Å². The highest BCUT2D eigenvalue weighted by atomic mass is 16.5. The Labute approximate surface area is 161 Å². The summed E-state index contributed by atoms with van der Waals surface area (Å²) in [6.45, 7) is 1.89. The highest BCUT2D eigenvalue weighted by Crippen LogP contribution is 2.30. The van der Waals surface area contributed by atoms with Gasteiger partial charge >= 0.3 is 0 Å². The summed E-state index contributed by atoms with van der Waals surface area (Å²) in [5, 5.41) is 14.1. The SMILES string of the molecule is O=C([O-])c1cccc(NC2=C(N3CCOCC3)C(=O)c3ccccc3C2=O)c1. The zero-order valence-corrected chi connectivity index (χ0v) is 14.9. The van der Waals surface area contributed by atoms with E-state index in [9.17, 15) is 19.5 Å². The number of hydrogen-bond acceptors (Lipinski definition) is 7. The van der Waals surface area contributed by atoms with E-state index in [-0.39, 0.29) is 28.5 Å². The first-order valence-corrected chi connectivity index (χ1v) is 8.90. The van der Waals surface area contributed by atoms with Gasteiger partial charge in [-0.15, -0.1) is 0 Å². The van der Waals surface area contributed by atoms with E-state index < -0.39 is 5.97 Å². The van der Waals surface area contributed by atoms with Crippen LogP contribution in [-0.2, 0) is 4.74 Å². The number of anilines is 1. The number of morpholine rings is 1. The second kappa shape index (κ2) is 7.28. The van der Waals surface area contributed by atoms with E-state index in [1.54, 1.807) is 36.4 Å². The Morgan fingerprint density at radius 3 is 2.32 bits per heavy atom. The van der Waals surface area contributed by atoms with E-state index >= 15 is 0 Å². The zero-order valence-electron chi connectivity index (χ0n) is 14.9. The molecule has 1 N–H and O–H groups in total. The van der Waals surface area contributed by atoms with Crippen LogP contribution in [-0.4, -0.2) is 48.7 Å².